The number of halogens is 1. The maximum Gasteiger partial charge on any atom is 0.419 e. The van der Waals surface area contributed by atoms with Gasteiger partial charge in [-0.05, 0) is 43.2 Å². The van der Waals surface area contributed by atoms with E-state index in [1.54, 1.807) is 16.7 Å². The molecule has 130 valence electrons. The molecule has 0 aliphatic heterocycles. The third-order valence-electron chi connectivity index (χ3n) is 4.09. The Hall–Kier alpha value is -2.53. The number of oxazole rings is 1. The molecule has 0 saturated carbocycles. The average Bonchev–Trinajstić information content (AvgIpc) is 2.90. The van der Waals surface area contributed by atoms with Gasteiger partial charge in [-0.1, -0.05) is 35.9 Å². The summed E-state index contributed by atoms with van der Waals surface area (Å²) in [6, 6.07) is 14.6. The molecule has 0 saturated heterocycles. The van der Waals surface area contributed by atoms with Crippen LogP contribution in [0.15, 0.2) is 57.7 Å². The van der Waals surface area contributed by atoms with E-state index in [-0.39, 0.29) is 11.9 Å². The summed E-state index contributed by atoms with van der Waals surface area (Å²) >= 11 is 5.97. The molecule has 3 aromatic rings. The maximum absolute atomic E-state index is 12.1. The van der Waals surface area contributed by atoms with Crippen molar-refractivity contribution in [2.24, 2.45) is 0 Å². The van der Waals surface area contributed by atoms with Crippen LogP contribution in [0.5, 0.6) is 0 Å². The summed E-state index contributed by atoms with van der Waals surface area (Å²) in [6.07, 6.45) is 0.883. The van der Waals surface area contributed by atoms with Gasteiger partial charge in [-0.25, -0.2) is 4.79 Å². The molecular weight excluding hydrogens is 340 g/mol. The highest BCUT2D eigenvalue weighted by Crippen LogP contribution is 2.17. The molecule has 5 nitrogen and oxygen atoms in total. The van der Waals surface area contributed by atoms with Gasteiger partial charge < -0.3 is 9.73 Å². The number of aromatic nitrogens is 1. The van der Waals surface area contributed by atoms with Crippen molar-refractivity contribution >= 4 is 28.6 Å². The molecule has 0 aliphatic rings. The smallest absolute Gasteiger partial charge is 0.408 e. The summed E-state index contributed by atoms with van der Waals surface area (Å²) in [5.74, 6) is -0.456. The van der Waals surface area contributed by atoms with Gasteiger partial charge in [0.1, 0.15) is 0 Å². The molecule has 1 aromatic heterocycles. The number of amides is 1. The second-order valence-corrected chi connectivity index (χ2v) is 6.37. The zero-order chi connectivity index (χ0) is 17.8. The predicted octanol–water partition coefficient (Wildman–Crippen LogP) is 3.91. The lowest BCUT2D eigenvalue weighted by Crippen LogP contribution is -2.27. The lowest BCUT2D eigenvalue weighted by molar-refractivity contribution is -0.121. The van der Waals surface area contributed by atoms with Crippen LogP contribution >= 0.6 is 11.6 Å². The van der Waals surface area contributed by atoms with Crippen LogP contribution in [0.4, 0.5) is 0 Å². The van der Waals surface area contributed by atoms with Gasteiger partial charge in [0.25, 0.3) is 0 Å². The number of carbonyl (C=O) groups excluding carboxylic acids is 1. The molecule has 25 heavy (non-hydrogen) atoms. The summed E-state index contributed by atoms with van der Waals surface area (Å²) in [5.41, 5.74) is 2.27. The molecular formula is C19H19ClN2O3. The number of para-hydroxylation sites is 2. The summed E-state index contributed by atoms with van der Waals surface area (Å²) in [7, 11) is 0. The Morgan fingerprint density at radius 1 is 1.24 bits per heavy atom. The van der Waals surface area contributed by atoms with Crippen LogP contribution < -0.4 is 11.1 Å². The minimum absolute atomic E-state index is 0.0617. The van der Waals surface area contributed by atoms with Gasteiger partial charge in [0.05, 0.1) is 11.6 Å². The van der Waals surface area contributed by atoms with Gasteiger partial charge in [0.2, 0.25) is 5.91 Å². The lowest BCUT2D eigenvalue weighted by Gasteiger charge is -2.14. The molecule has 0 radical (unpaired) electrons. The first-order chi connectivity index (χ1) is 12.0. The molecule has 0 spiro atoms. The van der Waals surface area contributed by atoms with E-state index in [2.05, 4.69) is 5.32 Å². The fourth-order valence-electron chi connectivity index (χ4n) is 2.80. The fraction of sp³-hybridized carbons (Fsp3) is 0.263. The second-order valence-electron chi connectivity index (χ2n) is 5.94. The molecule has 1 heterocycles. The van der Waals surface area contributed by atoms with E-state index in [1.165, 1.54) is 0 Å². The standard InChI is InChI=1S/C19H19ClN2O3/c1-13(14-6-4-7-15(20)12-14)21-18(23)10-5-11-22-16-8-2-3-9-17(16)25-19(22)24/h2-4,6-9,12-13H,5,10-11H2,1H3,(H,21,23). The highest BCUT2D eigenvalue weighted by molar-refractivity contribution is 6.30. The third-order valence-corrected chi connectivity index (χ3v) is 4.32. The van der Waals surface area contributed by atoms with Crippen LogP contribution in [-0.2, 0) is 11.3 Å². The molecule has 0 fully saturated rings. The lowest BCUT2D eigenvalue weighted by atomic mass is 10.1. The van der Waals surface area contributed by atoms with Crippen molar-refractivity contribution in [3.8, 4) is 0 Å². The maximum atomic E-state index is 12.1. The van der Waals surface area contributed by atoms with Crippen molar-refractivity contribution in [1.29, 1.82) is 0 Å². The van der Waals surface area contributed by atoms with Gasteiger partial charge in [0.15, 0.2) is 5.58 Å². The van der Waals surface area contributed by atoms with E-state index < -0.39 is 5.76 Å². The number of hydrogen-bond donors (Lipinski definition) is 1. The first kappa shape index (κ1) is 17.3. The number of rotatable bonds is 6. The van der Waals surface area contributed by atoms with Crippen molar-refractivity contribution in [1.82, 2.24) is 9.88 Å². The Labute approximate surface area is 150 Å². The van der Waals surface area contributed by atoms with Crippen molar-refractivity contribution in [2.45, 2.75) is 32.4 Å². The Balaban J connectivity index is 1.56. The zero-order valence-electron chi connectivity index (χ0n) is 13.9. The number of benzene rings is 2. The number of aryl methyl sites for hydroxylation is 1. The number of carbonyl (C=O) groups is 1. The van der Waals surface area contributed by atoms with E-state index in [1.807, 2.05) is 43.3 Å². The molecule has 1 N–H and O–H groups in total. The molecule has 2 aromatic carbocycles. The Kier molecular flexibility index (Phi) is 5.24. The van der Waals surface area contributed by atoms with Crippen molar-refractivity contribution in [3.63, 3.8) is 0 Å². The largest absolute Gasteiger partial charge is 0.419 e. The van der Waals surface area contributed by atoms with E-state index in [0.29, 0.717) is 30.0 Å². The molecule has 0 bridgehead atoms. The van der Waals surface area contributed by atoms with Crippen molar-refractivity contribution < 1.29 is 9.21 Å². The fourth-order valence-corrected chi connectivity index (χ4v) is 3.00. The molecule has 1 atom stereocenters. The number of hydrogen-bond acceptors (Lipinski definition) is 3. The number of nitrogens with one attached hydrogen (secondary N) is 1. The quantitative estimate of drug-likeness (QED) is 0.726. The summed E-state index contributed by atoms with van der Waals surface area (Å²) in [6.45, 7) is 2.35. The zero-order valence-corrected chi connectivity index (χ0v) is 14.6. The minimum Gasteiger partial charge on any atom is -0.408 e. The monoisotopic (exact) mass is 358 g/mol. The third kappa shape index (κ3) is 4.12. The van der Waals surface area contributed by atoms with E-state index in [0.717, 1.165) is 11.1 Å². The van der Waals surface area contributed by atoms with Crippen LogP contribution in [0.3, 0.4) is 0 Å². The van der Waals surface area contributed by atoms with Gasteiger partial charge in [-0.2, -0.15) is 0 Å². The minimum atomic E-state index is -0.395. The SMILES string of the molecule is CC(NC(=O)CCCn1c(=O)oc2ccccc21)c1cccc(Cl)c1. The molecule has 6 heteroatoms. The summed E-state index contributed by atoms with van der Waals surface area (Å²) < 4.78 is 6.74. The van der Waals surface area contributed by atoms with Crippen LogP contribution in [0, 0.1) is 0 Å². The van der Waals surface area contributed by atoms with E-state index >= 15 is 0 Å². The second kappa shape index (κ2) is 7.57. The average molecular weight is 359 g/mol. The van der Waals surface area contributed by atoms with Crippen LogP contribution in [-0.4, -0.2) is 10.5 Å². The molecule has 0 aliphatic carbocycles. The van der Waals surface area contributed by atoms with Crippen molar-refractivity contribution in [2.75, 3.05) is 0 Å². The summed E-state index contributed by atoms with van der Waals surface area (Å²) in [5, 5.41) is 3.59. The molecule has 1 amide bonds. The Bertz CT molecular complexity index is 945. The predicted molar refractivity (Wildman–Crippen MR) is 97.7 cm³/mol. The first-order valence-corrected chi connectivity index (χ1v) is 8.55. The van der Waals surface area contributed by atoms with Gasteiger partial charge in [-0.15, -0.1) is 0 Å². The number of nitrogens with zero attached hydrogens (tertiary/aromatic N) is 1. The highest BCUT2D eigenvalue weighted by Gasteiger charge is 2.12. The van der Waals surface area contributed by atoms with E-state index in [9.17, 15) is 9.59 Å². The Morgan fingerprint density at radius 2 is 2.04 bits per heavy atom. The van der Waals surface area contributed by atoms with Crippen molar-refractivity contribution in [3.05, 3.63) is 69.7 Å². The number of fused-ring (bicyclic) bond motifs is 1. The molecule has 1 unspecified atom stereocenters. The topological polar surface area (TPSA) is 64.2 Å². The normalized spacial score (nSPS) is 12.2. The van der Waals surface area contributed by atoms with Gasteiger partial charge in [0, 0.05) is 18.0 Å². The van der Waals surface area contributed by atoms with E-state index in [4.69, 9.17) is 16.0 Å². The summed E-state index contributed by atoms with van der Waals surface area (Å²) in [4.78, 5) is 24.0. The highest BCUT2D eigenvalue weighted by atomic mass is 35.5. The Morgan fingerprint density at radius 3 is 2.84 bits per heavy atom. The van der Waals surface area contributed by atoms with Gasteiger partial charge >= 0.3 is 5.76 Å². The van der Waals surface area contributed by atoms with Crippen LogP contribution in [0.1, 0.15) is 31.4 Å². The first-order valence-electron chi connectivity index (χ1n) is 8.18. The van der Waals surface area contributed by atoms with Crippen LogP contribution in [0.25, 0.3) is 11.1 Å². The van der Waals surface area contributed by atoms with Gasteiger partial charge in [-0.3, -0.25) is 9.36 Å². The van der Waals surface area contributed by atoms with Crippen LogP contribution in [0.2, 0.25) is 5.02 Å². The molecule has 3 rings (SSSR count).